The third-order valence-electron chi connectivity index (χ3n) is 6.98. The van der Waals surface area contributed by atoms with Gasteiger partial charge in [-0.15, -0.1) is 0 Å². The highest BCUT2D eigenvalue weighted by molar-refractivity contribution is 5.92. The second kappa shape index (κ2) is 11.6. The molecule has 1 fully saturated rings. The molecule has 0 aliphatic carbocycles. The van der Waals surface area contributed by atoms with Crippen molar-refractivity contribution in [1.82, 2.24) is 19.2 Å². The van der Waals surface area contributed by atoms with E-state index in [1.807, 2.05) is 43.3 Å². The van der Waals surface area contributed by atoms with E-state index < -0.39 is 23.1 Å². The highest BCUT2D eigenvalue weighted by atomic mass is 16.5. The molecule has 200 valence electrons. The van der Waals surface area contributed by atoms with Crippen molar-refractivity contribution < 1.29 is 14.3 Å². The van der Waals surface area contributed by atoms with Crippen LogP contribution in [-0.4, -0.2) is 50.8 Å². The van der Waals surface area contributed by atoms with E-state index in [0.717, 1.165) is 25.9 Å². The SMILES string of the molecule is CCOC(=O)C1CCCN(C(=O)c2nn(-c3ccc(C(C)C)cc3)c(=O)n(Cc3ccccc3C)c2=O)C1. The van der Waals surface area contributed by atoms with Crippen molar-refractivity contribution >= 4 is 11.9 Å². The van der Waals surface area contributed by atoms with Gasteiger partial charge >= 0.3 is 11.7 Å². The summed E-state index contributed by atoms with van der Waals surface area (Å²) in [5.74, 6) is -1.12. The van der Waals surface area contributed by atoms with Crippen LogP contribution in [0.15, 0.2) is 58.1 Å². The number of amides is 1. The number of nitrogens with zero attached hydrogens (tertiary/aromatic N) is 4. The predicted octanol–water partition coefficient (Wildman–Crippen LogP) is 3.29. The van der Waals surface area contributed by atoms with Crippen molar-refractivity contribution in [3.63, 3.8) is 0 Å². The normalized spacial score (nSPS) is 15.5. The van der Waals surface area contributed by atoms with Crippen molar-refractivity contribution in [2.24, 2.45) is 5.92 Å². The first kappa shape index (κ1) is 27.0. The van der Waals surface area contributed by atoms with Crippen molar-refractivity contribution in [1.29, 1.82) is 0 Å². The van der Waals surface area contributed by atoms with Gasteiger partial charge in [-0.05, 0) is 61.4 Å². The number of carbonyl (C=O) groups excluding carboxylic acids is 2. The van der Waals surface area contributed by atoms with E-state index in [0.29, 0.717) is 31.0 Å². The van der Waals surface area contributed by atoms with Crippen molar-refractivity contribution in [2.45, 2.75) is 53.0 Å². The molecule has 1 saturated heterocycles. The van der Waals surface area contributed by atoms with Gasteiger partial charge in [0.25, 0.3) is 11.5 Å². The number of ether oxygens (including phenoxy) is 1. The fourth-order valence-corrected chi connectivity index (χ4v) is 4.68. The Hall–Kier alpha value is -4.01. The van der Waals surface area contributed by atoms with Gasteiger partial charge in [-0.3, -0.25) is 19.0 Å². The van der Waals surface area contributed by atoms with E-state index in [1.165, 1.54) is 4.90 Å². The number of carbonyl (C=O) groups is 2. The van der Waals surface area contributed by atoms with Gasteiger partial charge in [0, 0.05) is 13.1 Å². The summed E-state index contributed by atoms with van der Waals surface area (Å²) < 4.78 is 7.33. The summed E-state index contributed by atoms with van der Waals surface area (Å²) in [5, 5.41) is 4.29. The molecule has 0 bridgehead atoms. The van der Waals surface area contributed by atoms with Crippen LogP contribution < -0.4 is 11.2 Å². The Morgan fingerprint density at radius 2 is 1.79 bits per heavy atom. The monoisotopic (exact) mass is 518 g/mol. The molecule has 0 N–H and O–H groups in total. The summed E-state index contributed by atoms with van der Waals surface area (Å²) in [6.07, 6.45) is 1.21. The lowest BCUT2D eigenvalue weighted by molar-refractivity contribution is -0.149. The molecule has 3 aromatic rings. The quantitative estimate of drug-likeness (QED) is 0.445. The van der Waals surface area contributed by atoms with E-state index >= 15 is 0 Å². The first-order chi connectivity index (χ1) is 18.2. The Labute approximate surface area is 221 Å². The molecular weight excluding hydrogens is 484 g/mol. The van der Waals surface area contributed by atoms with Gasteiger partial charge in [0.15, 0.2) is 0 Å². The molecule has 38 heavy (non-hydrogen) atoms. The lowest BCUT2D eigenvalue weighted by atomic mass is 9.98. The molecule has 9 nitrogen and oxygen atoms in total. The number of aromatic nitrogens is 3. The van der Waals surface area contributed by atoms with E-state index in [-0.39, 0.29) is 31.4 Å². The fourth-order valence-electron chi connectivity index (χ4n) is 4.68. The molecule has 1 aliphatic rings. The molecular formula is C29H34N4O5. The minimum Gasteiger partial charge on any atom is -0.466 e. The van der Waals surface area contributed by atoms with Crippen LogP contribution in [-0.2, 0) is 16.1 Å². The van der Waals surface area contributed by atoms with Crippen LogP contribution in [0.25, 0.3) is 5.69 Å². The molecule has 2 heterocycles. The highest BCUT2D eigenvalue weighted by Crippen LogP contribution is 2.20. The summed E-state index contributed by atoms with van der Waals surface area (Å²) in [6, 6.07) is 14.8. The molecule has 2 aromatic carbocycles. The van der Waals surface area contributed by atoms with Gasteiger partial charge in [-0.2, -0.15) is 9.78 Å². The standard InChI is InChI=1S/C29H34N4O5/c1-5-38-28(36)23-11-8-16-31(17-23)26(34)25-27(35)32(18-22-10-7-6-9-20(22)4)29(37)33(30-25)24-14-12-21(13-15-24)19(2)3/h6-7,9-10,12-15,19,23H,5,8,11,16-18H2,1-4H3. The maximum Gasteiger partial charge on any atom is 0.352 e. The Bertz CT molecular complexity index is 1440. The van der Waals surface area contributed by atoms with Gasteiger partial charge in [-0.25, -0.2) is 4.79 Å². The third-order valence-corrected chi connectivity index (χ3v) is 6.98. The zero-order valence-electron chi connectivity index (χ0n) is 22.3. The number of hydrogen-bond donors (Lipinski definition) is 0. The second-order valence-corrected chi connectivity index (χ2v) is 9.95. The summed E-state index contributed by atoms with van der Waals surface area (Å²) in [5.41, 5.74) is 1.52. The average Bonchev–Trinajstić information content (AvgIpc) is 2.92. The number of piperidine rings is 1. The zero-order chi connectivity index (χ0) is 27.4. The van der Waals surface area contributed by atoms with Crippen LogP contribution in [0, 0.1) is 12.8 Å². The van der Waals surface area contributed by atoms with Crippen LogP contribution in [0.2, 0.25) is 0 Å². The van der Waals surface area contributed by atoms with E-state index in [2.05, 4.69) is 18.9 Å². The van der Waals surface area contributed by atoms with E-state index in [1.54, 1.807) is 19.1 Å². The lowest BCUT2D eigenvalue weighted by Crippen LogP contribution is -2.49. The molecule has 1 aliphatic heterocycles. The van der Waals surface area contributed by atoms with Gasteiger partial charge < -0.3 is 9.64 Å². The fraction of sp³-hybridized carbons (Fsp3) is 0.414. The van der Waals surface area contributed by atoms with Crippen LogP contribution in [0.3, 0.4) is 0 Å². The first-order valence-corrected chi connectivity index (χ1v) is 13.1. The minimum atomic E-state index is -0.753. The maximum atomic E-state index is 13.6. The molecule has 1 atom stereocenters. The van der Waals surface area contributed by atoms with Crippen LogP contribution in [0.4, 0.5) is 0 Å². The number of aryl methyl sites for hydroxylation is 1. The van der Waals surface area contributed by atoms with Gasteiger partial charge in [0.1, 0.15) is 0 Å². The molecule has 1 unspecified atom stereocenters. The zero-order valence-corrected chi connectivity index (χ0v) is 22.3. The Morgan fingerprint density at radius 1 is 1.08 bits per heavy atom. The molecule has 0 saturated carbocycles. The van der Waals surface area contributed by atoms with Gasteiger partial charge in [0.2, 0.25) is 5.69 Å². The molecule has 4 rings (SSSR count). The van der Waals surface area contributed by atoms with Crippen LogP contribution >= 0.6 is 0 Å². The number of benzene rings is 2. The Balaban J connectivity index is 1.80. The average molecular weight is 519 g/mol. The van der Waals surface area contributed by atoms with Crippen molar-refractivity contribution in [3.05, 3.63) is 91.8 Å². The Morgan fingerprint density at radius 3 is 2.45 bits per heavy atom. The van der Waals surface area contributed by atoms with Crippen molar-refractivity contribution in [2.75, 3.05) is 19.7 Å². The summed E-state index contributed by atoms with van der Waals surface area (Å²) >= 11 is 0. The highest BCUT2D eigenvalue weighted by Gasteiger charge is 2.32. The van der Waals surface area contributed by atoms with E-state index in [4.69, 9.17) is 4.74 Å². The van der Waals surface area contributed by atoms with Crippen LogP contribution in [0.1, 0.15) is 66.7 Å². The second-order valence-electron chi connectivity index (χ2n) is 9.95. The van der Waals surface area contributed by atoms with Gasteiger partial charge in [-0.1, -0.05) is 50.2 Å². The first-order valence-electron chi connectivity index (χ1n) is 13.1. The van der Waals surface area contributed by atoms with E-state index in [9.17, 15) is 19.2 Å². The molecule has 9 heteroatoms. The smallest absolute Gasteiger partial charge is 0.352 e. The molecule has 0 radical (unpaired) electrons. The summed E-state index contributed by atoms with van der Waals surface area (Å²) in [7, 11) is 0. The van der Waals surface area contributed by atoms with Crippen LogP contribution in [0.5, 0.6) is 0 Å². The van der Waals surface area contributed by atoms with Crippen molar-refractivity contribution in [3.8, 4) is 5.69 Å². The number of rotatable bonds is 7. The largest absolute Gasteiger partial charge is 0.466 e. The lowest BCUT2D eigenvalue weighted by Gasteiger charge is -2.31. The topological polar surface area (TPSA) is 104 Å². The molecule has 0 spiro atoms. The summed E-state index contributed by atoms with van der Waals surface area (Å²) in [4.78, 5) is 54.6. The number of esters is 1. The number of hydrogen-bond acceptors (Lipinski definition) is 6. The maximum absolute atomic E-state index is 13.6. The third kappa shape index (κ3) is 5.61. The Kier molecular flexibility index (Phi) is 8.24. The number of likely N-dealkylation sites (tertiary alicyclic amines) is 1. The molecule has 1 aromatic heterocycles. The molecule has 1 amide bonds. The summed E-state index contributed by atoms with van der Waals surface area (Å²) in [6.45, 7) is 8.56. The minimum absolute atomic E-state index is 0.00265. The predicted molar refractivity (Wildman–Crippen MR) is 144 cm³/mol. The van der Waals surface area contributed by atoms with Gasteiger partial charge in [0.05, 0.1) is 24.8 Å².